The molecule has 4 aromatic rings. The van der Waals surface area contributed by atoms with Gasteiger partial charge in [0.25, 0.3) is 0 Å². The van der Waals surface area contributed by atoms with Gasteiger partial charge >= 0.3 is 5.82 Å². The van der Waals surface area contributed by atoms with Crippen LogP contribution in [0.3, 0.4) is 0 Å². The first-order valence-corrected chi connectivity index (χ1v) is 11.9. The molecule has 0 N–H and O–H groups in total. The van der Waals surface area contributed by atoms with E-state index < -0.39 is 35.5 Å². The van der Waals surface area contributed by atoms with Crippen LogP contribution in [0.5, 0.6) is 5.75 Å². The van der Waals surface area contributed by atoms with Crippen LogP contribution >= 0.6 is 15.9 Å². The van der Waals surface area contributed by atoms with Crippen LogP contribution in [-0.2, 0) is 26.9 Å². The van der Waals surface area contributed by atoms with E-state index in [9.17, 15) is 23.3 Å². The van der Waals surface area contributed by atoms with Gasteiger partial charge in [0, 0.05) is 55.2 Å². The molecule has 0 aliphatic carbocycles. The zero-order chi connectivity index (χ0) is 26.9. The summed E-state index contributed by atoms with van der Waals surface area (Å²) in [6.07, 6.45) is -0.351. The molecule has 0 radical (unpaired) electrons. The van der Waals surface area contributed by atoms with Crippen molar-refractivity contribution in [2.24, 2.45) is 14.1 Å². The number of hydrogen-bond donors (Lipinski definition) is 0. The van der Waals surface area contributed by atoms with Gasteiger partial charge in [0.1, 0.15) is 11.9 Å². The van der Waals surface area contributed by atoms with Crippen molar-refractivity contribution >= 4 is 21.7 Å². The summed E-state index contributed by atoms with van der Waals surface area (Å²) in [4.78, 5) is 14.6. The van der Waals surface area contributed by atoms with Gasteiger partial charge in [-0.15, -0.1) is 0 Å². The van der Waals surface area contributed by atoms with Crippen LogP contribution in [-0.4, -0.2) is 35.9 Å². The molecule has 4 rings (SSSR count). The predicted octanol–water partition coefficient (Wildman–Crippen LogP) is 5.56. The zero-order valence-electron chi connectivity index (χ0n) is 20.0. The molecule has 9 nitrogen and oxygen atoms in total. The molecule has 0 fully saturated rings. The summed E-state index contributed by atoms with van der Waals surface area (Å²) in [5.41, 5.74) is 3.25. The first-order valence-electron chi connectivity index (χ1n) is 11.1. The number of ether oxygens (including phenoxy) is 1. The van der Waals surface area contributed by atoms with Crippen LogP contribution in [0.4, 0.5) is 19.0 Å². The molecule has 0 unspecified atom stereocenters. The third-order valence-electron chi connectivity index (χ3n) is 5.65. The van der Waals surface area contributed by atoms with Gasteiger partial charge in [0.2, 0.25) is 12.2 Å². The molecule has 1 aromatic carbocycles. The smallest absolute Gasteiger partial charge is 0.406 e. The molecule has 3 heterocycles. The Morgan fingerprint density at radius 3 is 2.65 bits per heavy atom. The number of alkyl halides is 2. The third kappa shape index (κ3) is 5.98. The van der Waals surface area contributed by atoms with Gasteiger partial charge < -0.3 is 14.9 Å². The first kappa shape index (κ1) is 26.3. The molecule has 37 heavy (non-hydrogen) atoms. The van der Waals surface area contributed by atoms with Crippen LogP contribution in [0.2, 0.25) is 0 Å². The second-order valence-corrected chi connectivity index (χ2v) is 9.34. The topological polar surface area (TPSA) is 101 Å². The summed E-state index contributed by atoms with van der Waals surface area (Å²) in [5, 5.41) is 20.2. The van der Waals surface area contributed by atoms with Crippen molar-refractivity contribution in [2.45, 2.75) is 32.3 Å². The highest BCUT2D eigenvalue weighted by molar-refractivity contribution is 9.10. The Bertz CT molecular complexity index is 1460. The van der Waals surface area contributed by atoms with Crippen molar-refractivity contribution < 1.29 is 22.8 Å². The van der Waals surface area contributed by atoms with Gasteiger partial charge in [-0.1, -0.05) is 0 Å². The van der Waals surface area contributed by atoms with Crippen molar-refractivity contribution in [3.63, 3.8) is 0 Å². The number of nitro groups is 1. The van der Waals surface area contributed by atoms with Gasteiger partial charge in [-0.05, 0) is 57.0 Å². The Balaban J connectivity index is 1.72. The Kier molecular flexibility index (Phi) is 7.62. The Morgan fingerprint density at radius 1 is 1.19 bits per heavy atom. The third-order valence-corrected chi connectivity index (χ3v) is 6.08. The maximum atomic E-state index is 14.4. The van der Waals surface area contributed by atoms with E-state index in [1.54, 1.807) is 48.7 Å². The number of nitrogens with zero attached hydrogens (tertiary/aromatic N) is 6. The summed E-state index contributed by atoms with van der Waals surface area (Å²) in [5.74, 6) is -1.07. The van der Waals surface area contributed by atoms with E-state index in [0.717, 1.165) is 5.56 Å². The van der Waals surface area contributed by atoms with Gasteiger partial charge in [0.15, 0.2) is 6.20 Å². The van der Waals surface area contributed by atoms with Gasteiger partial charge in [-0.25, -0.2) is 13.2 Å². The maximum Gasteiger partial charge on any atom is 0.406 e. The molecule has 13 heteroatoms. The normalized spacial score (nSPS) is 12.2. The molecule has 0 spiro atoms. The van der Waals surface area contributed by atoms with E-state index in [1.165, 1.54) is 24.4 Å². The number of benzene rings is 1. The van der Waals surface area contributed by atoms with Crippen LogP contribution in [0.25, 0.3) is 11.3 Å². The fourth-order valence-corrected chi connectivity index (χ4v) is 4.37. The van der Waals surface area contributed by atoms with Crippen LogP contribution in [0.1, 0.15) is 35.5 Å². The highest BCUT2D eigenvalue weighted by Gasteiger charge is 2.24. The minimum Gasteiger partial charge on any atom is -0.478 e. The van der Waals surface area contributed by atoms with Crippen LogP contribution in [0.15, 0.2) is 47.2 Å². The largest absolute Gasteiger partial charge is 0.478 e. The SMILES string of the molecule is C[C@@H](Oc1cc(Br)cnc1[N+](=O)[O-])c1cc(F)ccc1-c1nn(C)cc1Cc1cc(CC(F)F)nn1C. The van der Waals surface area contributed by atoms with E-state index >= 15 is 0 Å². The molecule has 0 saturated carbocycles. The van der Waals surface area contributed by atoms with Crippen molar-refractivity contribution in [3.05, 3.63) is 85.6 Å². The molecule has 0 amide bonds. The summed E-state index contributed by atoms with van der Waals surface area (Å²) in [6, 6.07) is 7.19. The maximum absolute atomic E-state index is 14.4. The fraction of sp³-hybridized carbons (Fsp3) is 0.292. The monoisotopic (exact) mass is 578 g/mol. The Hall–Kier alpha value is -3.74. The molecule has 0 bridgehead atoms. The Morgan fingerprint density at radius 2 is 1.95 bits per heavy atom. The van der Waals surface area contributed by atoms with Gasteiger partial charge in [-0.3, -0.25) is 9.36 Å². The minimum atomic E-state index is -2.50. The summed E-state index contributed by atoms with van der Waals surface area (Å²) < 4.78 is 49.5. The zero-order valence-corrected chi connectivity index (χ0v) is 21.6. The molecule has 0 aliphatic heterocycles. The average molecular weight is 579 g/mol. The second-order valence-electron chi connectivity index (χ2n) is 8.42. The van der Waals surface area contributed by atoms with E-state index in [2.05, 4.69) is 31.1 Å². The molecule has 0 saturated heterocycles. The summed E-state index contributed by atoms with van der Waals surface area (Å²) in [7, 11) is 3.41. The summed E-state index contributed by atoms with van der Waals surface area (Å²) in [6.45, 7) is 1.64. The van der Waals surface area contributed by atoms with Crippen molar-refractivity contribution in [2.75, 3.05) is 0 Å². The van der Waals surface area contributed by atoms with Crippen LogP contribution in [0, 0.1) is 15.9 Å². The standard InChI is InChI=1S/C24H22BrF3N6O3/c1-13(37-21-7-15(25)11-29-24(21)34(35)36)20-8-16(26)4-5-19(20)23-14(12-32(2)31-23)6-18-9-17(10-22(27)28)30-33(18)3/h4-5,7-9,11-13,22H,6,10H2,1-3H3/t13-/m1/s1. The molecule has 0 aliphatic rings. The average Bonchev–Trinajstić information content (AvgIpc) is 3.34. The quantitative estimate of drug-likeness (QED) is 0.190. The van der Waals surface area contributed by atoms with Crippen LogP contribution < -0.4 is 4.74 Å². The van der Waals surface area contributed by atoms with E-state index in [1.807, 2.05) is 0 Å². The molecule has 3 aromatic heterocycles. The predicted molar refractivity (Wildman–Crippen MR) is 132 cm³/mol. The molecule has 194 valence electrons. The van der Waals surface area contributed by atoms with Crippen molar-refractivity contribution in [3.8, 4) is 17.0 Å². The summed E-state index contributed by atoms with van der Waals surface area (Å²) >= 11 is 3.23. The number of hydrogen-bond acceptors (Lipinski definition) is 6. The molecular weight excluding hydrogens is 557 g/mol. The first-order chi connectivity index (χ1) is 17.5. The fourth-order valence-electron chi connectivity index (χ4n) is 4.06. The molecular formula is C24H22BrF3N6O3. The number of aryl methyl sites for hydroxylation is 2. The second kappa shape index (κ2) is 10.7. The van der Waals surface area contributed by atoms with Crippen molar-refractivity contribution in [1.82, 2.24) is 24.5 Å². The van der Waals surface area contributed by atoms with E-state index in [4.69, 9.17) is 4.74 Å². The number of halogens is 4. The minimum absolute atomic E-state index is 0.0789. The number of aromatic nitrogens is 5. The van der Waals surface area contributed by atoms with Crippen molar-refractivity contribution in [1.29, 1.82) is 0 Å². The highest BCUT2D eigenvalue weighted by Crippen LogP contribution is 2.36. The number of rotatable bonds is 9. The van der Waals surface area contributed by atoms with Gasteiger partial charge in [0.05, 0.1) is 22.3 Å². The van der Waals surface area contributed by atoms with E-state index in [0.29, 0.717) is 33.4 Å². The lowest BCUT2D eigenvalue weighted by Gasteiger charge is -2.18. The lowest BCUT2D eigenvalue weighted by atomic mass is 9.96. The number of pyridine rings is 1. The lowest BCUT2D eigenvalue weighted by molar-refractivity contribution is -0.390. The Labute approximate surface area is 218 Å². The van der Waals surface area contributed by atoms with Gasteiger partial charge in [-0.2, -0.15) is 10.2 Å². The molecule has 1 atom stereocenters. The van der Waals surface area contributed by atoms with E-state index in [-0.39, 0.29) is 11.4 Å². The lowest BCUT2D eigenvalue weighted by Crippen LogP contribution is -2.08. The highest BCUT2D eigenvalue weighted by atomic mass is 79.9.